The second kappa shape index (κ2) is 5.94. The highest BCUT2D eigenvalue weighted by Crippen LogP contribution is 2.12. The van der Waals surface area contributed by atoms with Crippen molar-refractivity contribution in [3.05, 3.63) is 24.5 Å². The van der Waals surface area contributed by atoms with Crippen LogP contribution in [0.1, 0.15) is 39.0 Å². The molecule has 90 valence electrons. The molecule has 0 saturated carbocycles. The Morgan fingerprint density at radius 2 is 2.12 bits per heavy atom. The van der Waals surface area contributed by atoms with Gasteiger partial charge in [-0.2, -0.15) is 0 Å². The van der Waals surface area contributed by atoms with Crippen molar-refractivity contribution in [2.45, 2.75) is 51.1 Å². The molecule has 2 N–H and O–H groups in total. The van der Waals surface area contributed by atoms with Gasteiger partial charge >= 0.3 is 0 Å². The minimum atomic E-state index is 0.517. The zero-order valence-corrected chi connectivity index (χ0v) is 10.2. The molecular weight excluding hydrogens is 198 g/mol. The highest BCUT2D eigenvalue weighted by atomic mass is 15.4. The van der Waals surface area contributed by atoms with E-state index in [4.69, 9.17) is 0 Å². The predicted octanol–water partition coefficient (Wildman–Crippen LogP) is 2.34. The van der Waals surface area contributed by atoms with Crippen molar-refractivity contribution in [2.75, 3.05) is 12.0 Å². The molecule has 0 aromatic carbocycles. The fourth-order valence-corrected chi connectivity index (χ4v) is 2.46. The zero-order chi connectivity index (χ0) is 11.2. The van der Waals surface area contributed by atoms with Crippen LogP contribution in [0.5, 0.6) is 0 Å². The molecule has 0 spiro atoms. The fourth-order valence-electron chi connectivity index (χ4n) is 2.46. The summed E-state index contributed by atoms with van der Waals surface area (Å²) < 4.78 is 2.04. The minimum absolute atomic E-state index is 0.517. The van der Waals surface area contributed by atoms with Crippen LogP contribution in [0.25, 0.3) is 0 Å². The van der Waals surface area contributed by atoms with Gasteiger partial charge < -0.3 is 10.7 Å². The average molecular weight is 221 g/mol. The van der Waals surface area contributed by atoms with Gasteiger partial charge in [0.1, 0.15) is 0 Å². The van der Waals surface area contributed by atoms with E-state index in [1.165, 1.54) is 38.6 Å². The summed E-state index contributed by atoms with van der Waals surface area (Å²) in [5, 5.41) is 3.64. The van der Waals surface area contributed by atoms with Gasteiger partial charge in [-0.25, -0.2) is 0 Å². The number of nitrogens with one attached hydrogen (secondary N) is 2. The number of hydrogen-bond donors (Lipinski definition) is 2. The molecule has 1 aromatic heterocycles. The number of rotatable bonds is 4. The van der Waals surface area contributed by atoms with Gasteiger partial charge in [0.05, 0.1) is 0 Å². The lowest BCUT2D eigenvalue weighted by atomic mass is 10.0. The molecule has 1 aromatic rings. The average Bonchev–Trinajstić information content (AvgIpc) is 2.62. The molecule has 2 heterocycles. The third-order valence-electron chi connectivity index (χ3n) is 3.27. The second-order valence-corrected chi connectivity index (χ2v) is 4.86. The molecule has 2 unspecified atom stereocenters. The van der Waals surface area contributed by atoms with Gasteiger partial charge in [-0.3, -0.25) is 4.68 Å². The van der Waals surface area contributed by atoms with Crippen molar-refractivity contribution in [1.82, 2.24) is 9.99 Å². The number of nitrogens with zero attached hydrogens (tertiary/aromatic N) is 1. The molecule has 2 atom stereocenters. The highest BCUT2D eigenvalue weighted by molar-refractivity contribution is 4.95. The molecule has 1 fully saturated rings. The van der Waals surface area contributed by atoms with Crippen LogP contribution in [0.15, 0.2) is 24.5 Å². The first-order chi connectivity index (χ1) is 7.84. The van der Waals surface area contributed by atoms with E-state index < -0.39 is 0 Å². The molecule has 0 aliphatic carbocycles. The summed E-state index contributed by atoms with van der Waals surface area (Å²) >= 11 is 0. The standard InChI is InChI=1S/C13H23N3/c1-12(15-16-9-5-6-10-16)11-13-7-3-2-4-8-14-13/h5-6,9-10,12-15H,2-4,7-8,11H2,1H3. The lowest BCUT2D eigenvalue weighted by Gasteiger charge is -2.22. The topological polar surface area (TPSA) is 29.0 Å². The Kier molecular flexibility index (Phi) is 4.28. The Hall–Kier alpha value is -0.960. The van der Waals surface area contributed by atoms with E-state index in [0.29, 0.717) is 12.1 Å². The third-order valence-corrected chi connectivity index (χ3v) is 3.27. The maximum Gasteiger partial charge on any atom is 0.0410 e. The quantitative estimate of drug-likeness (QED) is 0.817. The Morgan fingerprint density at radius 1 is 1.31 bits per heavy atom. The van der Waals surface area contributed by atoms with E-state index in [2.05, 4.69) is 30.1 Å². The van der Waals surface area contributed by atoms with E-state index >= 15 is 0 Å². The van der Waals surface area contributed by atoms with E-state index in [-0.39, 0.29) is 0 Å². The smallest absolute Gasteiger partial charge is 0.0410 e. The Balaban J connectivity index is 1.75. The molecule has 0 radical (unpaired) electrons. The summed E-state index contributed by atoms with van der Waals surface area (Å²) in [5.74, 6) is 0. The Morgan fingerprint density at radius 3 is 2.94 bits per heavy atom. The summed E-state index contributed by atoms with van der Waals surface area (Å²) in [4.78, 5) is 0. The fraction of sp³-hybridized carbons (Fsp3) is 0.692. The molecule has 0 amide bonds. The van der Waals surface area contributed by atoms with Crippen molar-refractivity contribution in [1.29, 1.82) is 0 Å². The van der Waals surface area contributed by atoms with Gasteiger partial charge in [0.25, 0.3) is 0 Å². The van der Waals surface area contributed by atoms with E-state index in [1.807, 2.05) is 16.8 Å². The van der Waals surface area contributed by atoms with Crippen molar-refractivity contribution in [2.24, 2.45) is 0 Å². The minimum Gasteiger partial charge on any atom is -0.324 e. The van der Waals surface area contributed by atoms with Gasteiger partial charge in [0, 0.05) is 24.5 Å². The lowest BCUT2D eigenvalue weighted by molar-refractivity contribution is 0.444. The number of hydrogen-bond acceptors (Lipinski definition) is 2. The predicted molar refractivity (Wildman–Crippen MR) is 68.1 cm³/mol. The van der Waals surface area contributed by atoms with Gasteiger partial charge in [-0.1, -0.05) is 12.8 Å². The van der Waals surface area contributed by atoms with E-state index in [0.717, 1.165) is 0 Å². The third kappa shape index (κ3) is 3.56. The first kappa shape index (κ1) is 11.5. The first-order valence-electron chi connectivity index (χ1n) is 6.47. The first-order valence-corrected chi connectivity index (χ1v) is 6.47. The molecule has 1 aliphatic rings. The molecule has 16 heavy (non-hydrogen) atoms. The monoisotopic (exact) mass is 221 g/mol. The molecule has 1 aliphatic heterocycles. The molecular formula is C13H23N3. The molecule has 0 bridgehead atoms. The summed E-state index contributed by atoms with van der Waals surface area (Å²) in [6.45, 7) is 3.45. The largest absolute Gasteiger partial charge is 0.324 e. The summed E-state index contributed by atoms with van der Waals surface area (Å²) in [7, 11) is 0. The molecule has 3 nitrogen and oxygen atoms in total. The Labute approximate surface area is 98.2 Å². The van der Waals surface area contributed by atoms with Crippen LogP contribution < -0.4 is 10.7 Å². The number of aromatic nitrogens is 1. The lowest BCUT2D eigenvalue weighted by Crippen LogP contribution is -2.35. The molecule has 3 heteroatoms. The highest BCUT2D eigenvalue weighted by Gasteiger charge is 2.14. The van der Waals surface area contributed by atoms with Crippen LogP contribution in [0.2, 0.25) is 0 Å². The van der Waals surface area contributed by atoms with Gasteiger partial charge in [-0.15, -0.1) is 0 Å². The normalized spacial score (nSPS) is 23.7. The Bertz CT molecular complexity index is 273. The summed E-state index contributed by atoms with van der Waals surface area (Å²) in [6, 6.07) is 5.30. The van der Waals surface area contributed by atoms with Crippen molar-refractivity contribution in [3.8, 4) is 0 Å². The summed E-state index contributed by atoms with van der Waals surface area (Å²) in [6.07, 6.45) is 10.8. The zero-order valence-electron chi connectivity index (χ0n) is 10.2. The van der Waals surface area contributed by atoms with Crippen molar-refractivity contribution >= 4 is 0 Å². The van der Waals surface area contributed by atoms with Crippen LogP contribution >= 0.6 is 0 Å². The maximum absolute atomic E-state index is 3.64. The molecule has 2 rings (SSSR count). The van der Waals surface area contributed by atoms with Gasteiger partial charge in [-0.05, 0) is 44.9 Å². The van der Waals surface area contributed by atoms with Crippen LogP contribution in [0.4, 0.5) is 0 Å². The SMILES string of the molecule is CC(CC1CCCCCN1)Nn1cccc1. The van der Waals surface area contributed by atoms with E-state index in [9.17, 15) is 0 Å². The van der Waals surface area contributed by atoms with Gasteiger partial charge in [0.15, 0.2) is 0 Å². The maximum atomic E-state index is 3.64. The second-order valence-electron chi connectivity index (χ2n) is 4.86. The van der Waals surface area contributed by atoms with Crippen LogP contribution in [-0.2, 0) is 0 Å². The molecule has 1 saturated heterocycles. The summed E-state index contributed by atoms with van der Waals surface area (Å²) in [5.41, 5.74) is 3.47. The van der Waals surface area contributed by atoms with Crippen LogP contribution in [-0.4, -0.2) is 23.3 Å². The van der Waals surface area contributed by atoms with Gasteiger partial charge in [0.2, 0.25) is 0 Å². The van der Waals surface area contributed by atoms with Crippen LogP contribution in [0.3, 0.4) is 0 Å². The van der Waals surface area contributed by atoms with Crippen molar-refractivity contribution in [3.63, 3.8) is 0 Å². The van der Waals surface area contributed by atoms with Crippen LogP contribution in [0, 0.1) is 0 Å². The van der Waals surface area contributed by atoms with E-state index in [1.54, 1.807) is 0 Å². The van der Waals surface area contributed by atoms with Crippen molar-refractivity contribution < 1.29 is 0 Å².